The predicted octanol–water partition coefficient (Wildman–Crippen LogP) is 2.61. The zero-order valence-electron chi connectivity index (χ0n) is 15.2. The summed E-state index contributed by atoms with van der Waals surface area (Å²) < 4.78 is 0. The summed E-state index contributed by atoms with van der Waals surface area (Å²) in [6.45, 7) is 6.88. The molecule has 0 spiro atoms. The lowest BCUT2D eigenvalue weighted by molar-refractivity contribution is 0.0749. The molecule has 2 saturated heterocycles. The maximum absolute atomic E-state index is 13.0. The van der Waals surface area contributed by atoms with Crippen molar-refractivity contribution in [1.29, 1.82) is 0 Å². The van der Waals surface area contributed by atoms with Gasteiger partial charge in [-0.15, -0.1) is 0 Å². The van der Waals surface area contributed by atoms with Crippen LogP contribution in [0.2, 0.25) is 0 Å². The molecule has 0 aromatic carbocycles. The summed E-state index contributed by atoms with van der Waals surface area (Å²) in [5.41, 5.74) is 0.660. The van der Waals surface area contributed by atoms with Crippen molar-refractivity contribution in [2.75, 3.05) is 26.2 Å². The Kier molecular flexibility index (Phi) is 5.56. The molecule has 3 heterocycles. The van der Waals surface area contributed by atoms with Crippen LogP contribution in [0.4, 0.5) is 4.79 Å². The van der Waals surface area contributed by atoms with E-state index < -0.39 is 0 Å². The average Bonchev–Trinajstić information content (AvgIpc) is 2.88. The van der Waals surface area contributed by atoms with Crippen molar-refractivity contribution >= 4 is 11.9 Å². The average molecular weight is 344 g/mol. The van der Waals surface area contributed by atoms with E-state index in [2.05, 4.69) is 18.8 Å². The molecule has 6 heteroatoms. The van der Waals surface area contributed by atoms with E-state index in [0.717, 1.165) is 25.8 Å². The fourth-order valence-electron chi connectivity index (χ4n) is 3.95. The highest BCUT2D eigenvalue weighted by Gasteiger charge is 2.33. The second-order valence-electron chi connectivity index (χ2n) is 7.19. The van der Waals surface area contributed by atoms with Crippen LogP contribution in [-0.4, -0.2) is 69.9 Å². The molecule has 0 aliphatic carbocycles. The van der Waals surface area contributed by atoms with Crippen molar-refractivity contribution in [3.05, 3.63) is 30.1 Å². The summed E-state index contributed by atoms with van der Waals surface area (Å²) in [7, 11) is 0. The molecule has 2 aliphatic rings. The predicted molar refractivity (Wildman–Crippen MR) is 96.3 cm³/mol. The maximum atomic E-state index is 13.0. The number of rotatable bonds is 1. The van der Waals surface area contributed by atoms with Crippen LogP contribution in [-0.2, 0) is 0 Å². The lowest BCUT2D eigenvalue weighted by atomic mass is 9.98. The first-order chi connectivity index (χ1) is 12.1. The highest BCUT2D eigenvalue weighted by molar-refractivity contribution is 5.94. The Balaban J connectivity index is 1.63. The molecule has 0 unspecified atom stereocenters. The third kappa shape index (κ3) is 3.94. The Morgan fingerprint density at radius 3 is 2.20 bits per heavy atom. The number of amides is 3. The van der Waals surface area contributed by atoms with Crippen LogP contribution >= 0.6 is 0 Å². The van der Waals surface area contributed by atoms with Crippen molar-refractivity contribution in [2.45, 2.75) is 51.6 Å². The standard InChI is InChI=1S/C19H28N4O2/c1-15-5-3-6-16(2)23(15)19(25)22-12-4-11-21(13-14-22)18(24)17-7-9-20-10-8-17/h7-10,15-16H,3-6,11-14H2,1-2H3/t15-,16+. The summed E-state index contributed by atoms with van der Waals surface area (Å²) in [4.78, 5) is 35.4. The highest BCUT2D eigenvalue weighted by Crippen LogP contribution is 2.24. The Labute approximate surface area is 149 Å². The number of pyridine rings is 1. The van der Waals surface area contributed by atoms with Gasteiger partial charge in [-0.1, -0.05) is 0 Å². The Bertz CT molecular complexity index is 597. The largest absolute Gasteiger partial charge is 0.337 e. The Hall–Kier alpha value is -2.11. The van der Waals surface area contributed by atoms with E-state index in [-0.39, 0.29) is 11.9 Å². The third-order valence-corrected chi connectivity index (χ3v) is 5.40. The molecule has 2 aliphatic heterocycles. The van der Waals surface area contributed by atoms with Crippen LogP contribution in [0.15, 0.2) is 24.5 Å². The molecule has 136 valence electrons. The van der Waals surface area contributed by atoms with Gasteiger partial charge in [0.15, 0.2) is 0 Å². The van der Waals surface area contributed by atoms with Crippen molar-refractivity contribution in [3.8, 4) is 0 Å². The smallest absolute Gasteiger partial charge is 0.320 e. The number of urea groups is 1. The zero-order valence-corrected chi connectivity index (χ0v) is 15.2. The SMILES string of the molecule is C[C@@H]1CCC[C@H](C)N1C(=O)N1CCCN(C(=O)c2ccncc2)CC1. The Morgan fingerprint density at radius 1 is 0.920 bits per heavy atom. The minimum atomic E-state index is 0.0245. The molecule has 0 N–H and O–H groups in total. The molecular weight excluding hydrogens is 316 g/mol. The highest BCUT2D eigenvalue weighted by atomic mass is 16.2. The van der Waals surface area contributed by atoms with E-state index in [9.17, 15) is 9.59 Å². The van der Waals surface area contributed by atoms with Gasteiger partial charge < -0.3 is 14.7 Å². The number of carbonyl (C=O) groups excluding carboxylic acids is 2. The lowest BCUT2D eigenvalue weighted by Crippen LogP contribution is -2.53. The molecule has 3 rings (SSSR count). The fraction of sp³-hybridized carbons (Fsp3) is 0.632. The summed E-state index contributed by atoms with van der Waals surface area (Å²) in [5.74, 6) is 0.0245. The number of piperidine rings is 1. The number of hydrogen-bond donors (Lipinski definition) is 0. The minimum absolute atomic E-state index is 0.0245. The normalized spacial score (nSPS) is 24.8. The summed E-state index contributed by atoms with van der Waals surface area (Å²) in [6.07, 6.45) is 7.45. The summed E-state index contributed by atoms with van der Waals surface area (Å²) in [5, 5.41) is 0. The van der Waals surface area contributed by atoms with Gasteiger partial charge in [-0.25, -0.2) is 4.79 Å². The first kappa shape index (κ1) is 17.7. The van der Waals surface area contributed by atoms with Crippen LogP contribution in [0.5, 0.6) is 0 Å². The van der Waals surface area contributed by atoms with Crippen molar-refractivity contribution in [3.63, 3.8) is 0 Å². The maximum Gasteiger partial charge on any atom is 0.320 e. The van der Waals surface area contributed by atoms with Gasteiger partial charge in [0.25, 0.3) is 5.91 Å². The van der Waals surface area contributed by atoms with E-state index in [4.69, 9.17) is 0 Å². The molecule has 0 saturated carbocycles. The zero-order chi connectivity index (χ0) is 17.8. The van der Waals surface area contributed by atoms with Crippen LogP contribution in [0, 0.1) is 0 Å². The van der Waals surface area contributed by atoms with E-state index in [1.165, 1.54) is 6.42 Å². The minimum Gasteiger partial charge on any atom is -0.337 e. The van der Waals surface area contributed by atoms with Gasteiger partial charge in [0.05, 0.1) is 0 Å². The summed E-state index contributed by atoms with van der Waals surface area (Å²) >= 11 is 0. The number of nitrogens with zero attached hydrogens (tertiary/aromatic N) is 4. The molecule has 2 atom stereocenters. The number of hydrogen-bond acceptors (Lipinski definition) is 3. The molecule has 1 aromatic heterocycles. The second-order valence-corrected chi connectivity index (χ2v) is 7.19. The number of aromatic nitrogens is 1. The molecule has 0 bridgehead atoms. The van der Waals surface area contributed by atoms with Gasteiger partial charge in [0, 0.05) is 56.2 Å². The van der Waals surface area contributed by atoms with Crippen molar-refractivity contribution in [1.82, 2.24) is 19.7 Å². The molecular formula is C19H28N4O2. The van der Waals surface area contributed by atoms with Crippen LogP contribution in [0.25, 0.3) is 0 Å². The number of carbonyl (C=O) groups is 2. The monoisotopic (exact) mass is 344 g/mol. The molecule has 2 fully saturated rings. The van der Waals surface area contributed by atoms with Gasteiger partial charge in [0.1, 0.15) is 0 Å². The van der Waals surface area contributed by atoms with Gasteiger partial charge in [-0.2, -0.15) is 0 Å². The quantitative estimate of drug-likeness (QED) is 0.787. The van der Waals surface area contributed by atoms with Crippen LogP contribution in [0.3, 0.4) is 0 Å². The lowest BCUT2D eigenvalue weighted by Gasteiger charge is -2.41. The Morgan fingerprint density at radius 2 is 1.52 bits per heavy atom. The third-order valence-electron chi connectivity index (χ3n) is 5.40. The second kappa shape index (κ2) is 7.85. The van der Waals surface area contributed by atoms with Gasteiger partial charge in [-0.05, 0) is 51.7 Å². The van der Waals surface area contributed by atoms with E-state index in [0.29, 0.717) is 37.3 Å². The van der Waals surface area contributed by atoms with E-state index >= 15 is 0 Å². The van der Waals surface area contributed by atoms with Crippen molar-refractivity contribution in [2.24, 2.45) is 0 Å². The van der Waals surface area contributed by atoms with E-state index in [1.807, 2.05) is 14.7 Å². The summed E-state index contributed by atoms with van der Waals surface area (Å²) in [6, 6.07) is 4.22. The molecule has 25 heavy (non-hydrogen) atoms. The van der Waals surface area contributed by atoms with Gasteiger partial charge >= 0.3 is 6.03 Å². The van der Waals surface area contributed by atoms with E-state index in [1.54, 1.807) is 24.5 Å². The van der Waals surface area contributed by atoms with Gasteiger partial charge in [0.2, 0.25) is 0 Å². The number of likely N-dealkylation sites (tertiary alicyclic amines) is 1. The van der Waals surface area contributed by atoms with Crippen molar-refractivity contribution < 1.29 is 9.59 Å². The fourth-order valence-corrected chi connectivity index (χ4v) is 3.95. The van der Waals surface area contributed by atoms with Crippen LogP contribution in [0.1, 0.15) is 49.9 Å². The molecule has 6 nitrogen and oxygen atoms in total. The van der Waals surface area contributed by atoms with Gasteiger partial charge in [-0.3, -0.25) is 9.78 Å². The molecule has 1 aromatic rings. The van der Waals surface area contributed by atoms with Crippen LogP contribution < -0.4 is 0 Å². The molecule has 0 radical (unpaired) electrons. The molecule has 3 amide bonds. The first-order valence-corrected chi connectivity index (χ1v) is 9.34. The first-order valence-electron chi connectivity index (χ1n) is 9.34. The topological polar surface area (TPSA) is 56.8 Å².